The van der Waals surface area contributed by atoms with Gasteiger partial charge in [-0.15, -0.1) is 0 Å². The molecule has 1 amide bonds. The van der Waals surface area contributed by atoms with Gasteiger partial charge in [-0.05, 0) is 25.7 Å². The van der Waals surface area contributed by atoms with Crippen LogP contribution in [-0.4, -0.2) is 23.9 Å². The summed E-state index contributed by atoms with van der Waals surface area (Å²) in [5, 5.41) is 0. The lowest BCUT2D eigenvalue weighted by Gasteiger charge is -2.25. The first-order valence-corrected chi connectivity index (χ1v) is 7.17. The van der Waals surface area contributed by atoms with Gasteiger partial charge in [0, 0.05) is 19.0 Å². The molecule has 92 valence electrons. The highest BCUT2D eigenvalue weighted by Crippen LogP contribution is 2.25. The van der Waals surface area contributed by atoms with Crippen molar-refractivity contribution >= 4 is 5.91 Å². The number of likely N-dealkylation sites (tertiary alicyclic amines) is 1. The molecule has 0 aromatic heterocycles. The third-order valence-corrected chi connectivity index (χ3v) is 4.12. The van der Waals surface area contributed by atoms with Gasteiger partial charge in [-0.25, -0.2) is 0 Å². The molecule has 1 saturated carbocycles. The number of amides is 1. The SMILES string of the molecule is O=C(C1CCCCCC1)N1CCCCCC1. The third kappa shape index (κ3) is 3.23. The third-order valence-electron chi connectivity index (χ3n) is 4.12. The number of hydrogen-bond acceptors (Lipinski definition) is 1. The topological polar surface area (TPSA) is 20.3 Å². The van der Waals surface area contributed by atoms with E-state index in [1.165, 1.54) is 51.4 Å². The molecule has 2 nitrogen and oxygen atoms in total. The molecule has 0 N–H and O–H groups in total. The van der Waals surface area contributed by atoms with Crippen LogP contribution in [0.2, 0.25) is 0 Å². The lowest BCUT2D eigenvalue weighted by Crippen LogP contribution is -2.36. The van der Waals surface area contributed by atoms with Crippen molar-refractivity contribution in [1.29, 1.82) is 0 Å². The van der Waals surface area contributed by atoms with Crippen molar-refractivity contribution in [2.75, 3.05) is 13.1 Å². The fourth-order valence-corrected chi connectivity index (χ4v) is 3.08. The fraction of sp³-hybridized carbons (Fsp3) is 0.929. The van der Waals surface area contributed by atoms with E-state index >= 15 is 0 Å². The maximum Gasteiger partial charge on any atom is 0.225 e. The van der Waals surface area contributed by atoms with Gasteiger partial charge in [-0.3, -0.25) is 4.79 Å². The van der Waals surface area contributed by atoms with E-state index in [2.05, 4.69) is 4.90 Å². The normalized spacial score (nSPS) is 24.9. The first-order valence-electron chi connectivity index (χ1n) is 7.17. The molecule has 0 atom stereocenters. The molecular weight excluding hydrogens is 198 g/mol. The lowest BCUT2D eigenvalue weighted by molar-refractivity contribution is -0.135. The van der Waals surface area contributed by atoms with Crippen molar-refractivity contribution in [2.45, 2.75) is 64.2 Å². The van der Waals surface area contributed by atoms with Crippen molar-refractivity contribution in [1.82, 2.24) is 4.90 Å². The molecule has 0 unspecified atom stereocenters. The number of carbonyl (C=O) groups is 1. The zero-order chi connectivity index (χ0) is 11.2. The molecule has 0 aromatic rings. The average Bonchev–Trinajstić information content (AvgIpc) is 2.73. The van der Waals surface area contributed by atoms with Crippen molar-refractivity contribution in [2.24, 2.45) is 5.92 Å². The van der Waals surface area contributed by atoms with Crippen LogP contribution in [0.4, 0.5) is 0 Å². The molecule has 2 fully saturated rings. The number of rotatable bonds is 1. The molecule has 2 rings (SSSR count). The second-order valence-electron chi connectivity index (χ2n) is 5.43. The summed E-state index contributed by atoms with van der Waals surface area (Å²) >= 11 is 0. The summed E-state index contributed by atoms with van der Waals surface area (Å²) in [5.41, 5.74) is 0. The van der Waals surface area contributed by atoms with E-state index in [4.69, 9.17) is 0 Å². The van der Waals surface area contributed by atoms with E-state index in [0.717, 1.165) is 25.9 Å². The fourth-order valence-electron chi connectivity index (χ4n) is 3.08. The van der Waals surface area contributed by atoms with Crippen LogP contribution in [0.5, 0.6) is 0 Å². The Morgan fingerprint density at radius 3 is 1.81 bits per heavy atom. The predicted octanol–water partition coefficient (Wildman–Crippen LogP) is 3.36. The molecule has 2 heteroatoms. The minimum Gasteiger partial charge on any atom is -0.342 e. The zero-order valence-corrected chi connectivity index (χ0v) is 10.4. The Bertz CT molecular complexity index is 189. The highest BCUT2D eigenvalue weighted by molar-refractivity contribution is 5.78. The van der Waals surface area contributed by atoms with Gasteiger partial charge >= 0.3 is 0 Å². The highest BCUT2D eigenvalue weighted by Gasteiger charge is 2.25. The minimum absolute atomic E-state index is 0.362. The van der Waals surface area contributed by atoms with Crippen molar-refractivity contribution in [3.8, 4) is 0 Å². The van der Waals surface area contributed by atoms with E-state index < -0.39 is 0 Å². The van der Waals surface area contributed by atoms with E-state index in [-0.39, 0.29) is 0 Å². The Balaban J connectivity index is 1.88. The van der Waals surface area contributed by atoms with E-state index in [1.807, 2.05) is 0 Å². The number of hydrogen-bond donors (Lipinski definition) is 0. The van der Waals surface area contributed by atoms with Gasteiger partial charge in [-0.2, -0.15) is 0 Å². The number of carbonyl (C=O) groups excluding carboxylic acids is 1. The summed E-state index contributed by atoms with van der Waals surface area (Å²) in [6.07, 6.45) is 12.6. The van der Waals surface area contributed by atoms with Crippen LogP contribution in [-0.2, 0) is 4.79 Å². The second kappa shape index (κ2) is 6.27. The van der Waals surface area contributed by atoms with Crippen LogP contribution in [0, 0.1) is 5.92 Å². The molecular formula is C14H25NO. The summed E-state index contributed by atoms with van der Waals surface area (Å²) in [5.74, 6) is 0.837. The summed E-state index contributed by atoms with van der Waals surface area (Å²) in [4.78, 5) is 14.5. The zero-order valence-electron chi connectivity index (χ0n) is 10.4. The second-order valence-corrected chi connectivity index (χ2v) is 5.43. The largest absolute Gasteiger partial charge is 0.342 e. The lowest BCUT2D eigenvalue weighted by atomic mass is 9.98. The summed E-state index contributed by atoms with van der Waals surface area (Å²) < 4.78 is 0. The van der Waals surface area contributed by atoms with Crippen LogP contribution in [0.25, 0.3) is 0 Å². The van der Waals surface area contributed by atoms with E-state index in [0.29, 0.717) is 11.8 Å². The van der Waals surface area contributed by atoms with E-state index in [1.54, 1.807) is 0 Å². The summed E-state index contributed by atoms with van der Waals surface area (Å²) in [6, 6.07) is 0. The van der Waals surface area contributed by atoms with Gasteiger partial charge in [0.05, 0.1) is 0 Å². The van der Waals surface area contributed by atoms with Gasteiger partial charge in [0.15, 0.2) is 0 Å². The molecule has 1 aliphatic carbocycles. The standard InChI is InChI=1S/C14H25NO/c16-14(13-9-5-1-2-6-10-13)15-11-7-3-4-8-12-15/h13H,1-12H2. The average molecular weight is 223 g/mol. The monoisotopic (exact) mass is 223 g/mol. The van der Waals surface area contributed by atoms with Crippen molar-refractivity contribution < 1.29 is 4.79 Å². The van der Waals surface area contributed by atoms with Gasteiger partial charge < -0.3 is 4.90 Å². The quantitative estimate of drug-likeness (QED) is 0.624. The van der Waals surface area contributed by atoms with Crippen LogP contribution >= 0.6 is 0 Å². The molecule has 0 bridgehead atoms. The highest BCUT2D eigenvalue weighted by atomic mass is 16.2. The summed E-state index contributed by atoms with van der Waals surface area (Å²) in [6.45, 7) is 2.05. The van der Waals surface area contributed by atoms with Crippen LogP contribution < -0.4 is 0 Å². The van der Waals surface area contributed by atoms with Crippen molar-refractivity contribution in [3.05, 3.63) is 0 Å². The molecule has 1 saturated heterocycles. The smallest absolute Gasteiger partial charge is 0.225 e. The Morgan fingerprint density at radius 1 is 0.750 bits per heavy atom. The van der Waals surface area contributed by atoms with Gasteiger partial charge in [0.1, 0.15) is 0 Å². The van der Waals surface area contributed by atoms with Crippen molar-refractivity contribution in [3.63, 3.8) is 0 Å². The molecule has 0 radical (unpaired) electrons. The molecule has 0 spiro atoms. The Labute approximate surface area is 99.4 Å². The van der Waals surface area contributed by atoms with E-state index in [9.17, 15) is 4.79 Å². The molecule has 1 heterocycles. The molecule has 1 aliphatic heterocycles. The molecule has 16 heavy (non-hydrogen) atoms. The Hall–Kier alpha value is -0.530. The maximum absolute atomic E-state index is 12.4. The number of nitrogens with zero attached hydrogens (tertiary/aromatic N) is 1. The van der Waals surface area contributed by atoms with Crippen LogP contribution in [0.3, 0.4) is 0 Å². The molecule has 0 aromatic carbocycles. The van der Waals surface area contributed by atoms with Gasteiger partial charge in [-0.1, -0.05) is 38.5 Å². The van der Waals surface area contributed by atoms with Crippen LogP contribution in [0.1, 0.15) is 64.2 Å². The predicted molar refractivity (Wildman–Crippen MR) is 66.2 cm³/mol. The first-order chi connectivity index (χ1) is 7.88. The van der Waals surface area contributed by atoms with Gasteiger partial charge in [0.2, 0.25) is 5.91 Å². The Morgan fingerprint density at radius 2 is 1.25 bits per heavy atom. The summed E-state index contributed by atoms with van der Waals surface area (Å²) in [7, 11) is 0. The maximum atomic E-state index is 12.4. The minimum atomic E-state index is 0.362. The Kier molecular flexibility index (Phi) is 4.68. The molecule has 2 aliphatic rings. The van der Waals surface area contributed by atoms with Gasteiger partial charge in [0.25, 0.3) is 0 Å². The van der Waals surface area contributed by atoms with Crippen LogP contribution in [0.15, 0.2) is 0 Å². The first kappa shape index (κ1) is 11.9.